The minimum atomic E-state index is -0.845. The first-order valence-corrected chi connectivity index (χ1v) is 9.98. The van der Waals surface area contributed by atoms with Crippen LogP contribution >= 0.6 is 0 Å². The Hall–Kier alpha value is -1.59. The minimum Gasteiger partial charge on any atom is -0.508 e. The lowest BCUT2D eigenvalue weighted by Crippen LogP contribution is -2.50. The van der Waals surface area contributed by atoms with Crippen LogP contribution in [0.5, 0.6) is 5.75 Å². The molecule has 1 heterocycles. The molecule has 0 amide bonds. The number of epoxide rings is 1. The summed E-state index contributed by atoms with van der Waals surface area (Å²) in [7, 11) is 0. The number of carbonyl (C=O) groups excluding carboxylic acids is 1. The van der Waals surface area contributed by atoms with Gasteiger partial charge in [0.2, 0.25) is 0 Å². The van der Waals surface area contributed by atoms with E-state index in [4.69, 9.17) is 9.47 Å². The lowest BCUT2D eigenvalue weighted by molar-refractivity contribution is -0.120. The van der Waals surface area contributed by atoms with Gasteiger partial charge < -0.3 is 19.7 Å². The normalized spacial score (nSPS) is 43.0. The van der Waals surface area contributed by atoms with Crippen LogP contribution in [-0.4, -0.2) is 39.6 Å². The highest BCUT2D eigenvalue weighted by Gasteiger charge is 2.68. The van der Waals surface area contributed by atoms with Gasteiger partial charge in [0.15, 0.2) is 0 Å². The number of hydrogen-bond donors (Lipinski definition) is 2. The van der Waals surface area contributed by atoms with Crippen LogP contribution in [0.3, 0.4) is 0 Å². The number of fused-ring (bicyclic) bond motifs is 2. The summed E-state index contributed by atoms with van der Waals surface area (Å²) in [4.78, 5) is 12.8. The van der Waals surface area contributed by atoms with Gasteiger partial charge in [0.25, 0.3) is 0 Å². The van der Waals surface area contributed by atoms with E-state index < -0.39 is 17.7 Å². The molecule has 3 fully saturated rings. The van der Waals surface area contributed by atoms with Crippen molar-refractivity contribution in [2.45, 2.75) is 76.8 Å². The zero-order valence-electron chi connectivity index (χ0n) is 16.6. The highest BCUT2D eigenvalue weighted by molar-refractivity contribution is 5.89. The zero-order chi connectivity index (χ0) is 19.6. The highest BCUT2D eigenvalue weighted by atomic mass is 16.6. The van der Waals surface area contributed by atoms with Crippen molar-refractivity contribution >= 4 is 5.97 Å². The molecule has 0 radical (unpaired) electrons. The average Bonchev–Trinajstić information content (AvgIpc) is 3.12. The molecule has 0 bridgehead atoms. The van der Waals surface area contributed by atoms with Gasteiger partial charge in [-0.15, -0.1) is 0 Å². The summed E-state index contributed by atoms with van der Waals surface area (Å²) in [5.74, 6) is -0.329. The van der Waals surface area contributed by atoms with Crippen molar-refractivity contribution in [3.8, 4) is 5.75 Å². The summed E-state index contributed by atoms with van der Waals surface area (Å²) in [6, 6.07) is 6.09. The minimum absolute atomic E-state index is 0.0855. The maximum Gasteiger partial charge on any atom is 0.338 e. The van der Waals surface area contributed by atoms with E-state index >= 15 is 0 Å². The van der Waals surface area contributed by atoms with Crippen LogP contribution in [0.15, 0.2) is 24.3 Å². The summed E-state index contributed by atoms with van der Waals surface area (Å²) in [6.45, 7) is 8.40. The molecule has 0 aromatic heterocycles. The Morgan fingerprint density at radius 3 is 2.48 bits per heavy atom. The number of phenolic OH excluding ortho intramolecular Hbond substituents is 1. The van der Waals surface area contributed by atoms with Crippen LogP contribution in [0.25, 0.3) is 0 Å². The standard InChI is InChI=1S/C22H30O5/c1-13(2)22(25)10-9-20(3)12-17-21(4,27-17)11-16(18(20)22)26-19(24)14-5-7-15(23)8-6-14/h5-8,13,16-18,23,25H,9-12H2,1-4H3/t16-,17-,18+,20+,21-,22-/m1/s1. The van der Waals surface area contributed by atoms with Crippen molar-refractivity contribution in [2.24, 2.45) is 17.3 Å². The number of aromatic hydroxyl groups is 1. The topological polar surface area (TPSA) is 79.3 Å². The van der Waals surface area contributed by atoms with Crippen molar-refractivity contribution in [2.75, 3.05) is 0 Å². The maximum absolute atomic E-state index is 12.8. The number of phenols is 1. The van der Waals surface area contributed by atoms with Crippen LogP contribution in [0.4, 0.5) is 0 Å². The second-order valence-corrected chi connectivity index (χ2v) is 9.60. The van der Waals surface area contributed by atoms with Gasteiger partial charge in [0.1, 0.15) is 11.9 Å². The molecule has 1 saturated heterocycles. The maximum atomic E-state index is 12.8. The fraction of sp³-hybridized carbons (Fsp3) is 0.682. The van der Waals surface area contributed by atoms with E-state index in [0.29, 0.717) is 12.0 Å². The van der Waals surface area contributed by atoms with Crippen LogP contribution < -0.4 is 0 Å². The lowest BCUT2D eigenvalue weighted by atomic mass is 9.67. The summed E-state index contributed by atoms with van der Waals surface area (Å²) >= 11 is 0. The summed E-state index contributed by atoms with van der Waals surface area (Å²) in [5.41, 5.74) is -0.826. The Morgan fingerprint density at radius 2 is 1.85 bits per heavy atom. The molecular weight excluding hydrogens is 344 g/mol. The molecule has 4 rings (SSSR count). The van der Waals surface area contributed by atoms with Crippen molar-refractivity contribution in [3.05, 3.63) is 29.8 Å². The molecule has 3 aliphatic rings. The predicted octanol–water partition coefficient (Wildman–Crippen LogP) is 3.67. The van der Waals surface area contributed by atoms with Crippen molar-refractivity contribution in [1.82, 2.24) is 0 Å². The summed E-state index contributed by atoms with van der Waals surface area (Å²) in [5, 5.41) is 21.0. The molecule has 0 spiro atoms. The Kier molecular flexibility index (Phi) is 4.13. The fourth-order valence-corrected chi connectivity index (χ4v) is 5.63. The largest absolute Gasteiger partial charge is 0.508 e. The van der Waals surface area contributed by atoms with Gasteiger partial charge in [0, 0.05) is 12.3 Å². The summed E-state index contributed by atoms with van der Waals surface area (Å²) in [6.07, 6.45) is 2.92. The van der Waals surface area contributed by atoms with Gasteiger partial charge in [0.05, 0.1) is 22.9 Å². The SMILES string of the molecule is CC(C)[C@]1(O)CC[C@@]2(C)C[C@H]3O[C@]3(C)C[C@@H](OC(=O)c3ccc(O)cc3)[C@@H]21. The first-order valence-electron chi connectivity index (χ1n) is 9.98. The first kappa shape index (κ1) is 18.8. The molecule has 148 valence electrons. The van der Waals surface area contributed by atoms with Crippen LogP contribution in [0.2, 0.25) is 0 Å². The number of benzene rings is 1. The molecule has 5 heteroatoms. The van der Waals surface area contributed by atoms with Gasteiger partial charge in [-0.25, -0.2) is 4.79 Å². The van der Waals surface area contributed by atoms with E-state index in [2.05, 4.69) is 27.7 Å². The fourth-order valence-electron chi connectivity index (χ4n) is 5.63. The number of esters is 1. The molecule has 1 aliphatic heterocycles. The van der Waals surface area contributed by atoms with Crippen LogP contribution in [0.1, 0.15) is 63.7 Å². The van der Waals surface area contributed by atoms with E-state index in [-0.39, 0.29) is 34.7 Å². The zero-order valence-corrected chi connectivity index (χ0v) is 16.6. The Labute approximate surface area is 160 Å². The molecule has 0 unspecified atom stereocenters. The van der Waals surface area contributed by atoms with Gasteiger partial charge >= 0.3 is 5.97 Å². The quantitative estimate of drug-likeness (QED) is 0.623. The Balaban J connectivity index is 1.67. The van der Waals surface area contributed by atoms with E-state index in [0.717, 1.165) is 19.3 Å². The lowest BCUT2D eigenvalue weighted by Gasteiger charge is -2.44. The number of ether oxygens (including phenoxy) is 2. The van der Waals surface area contributed by atoms with Crippen molar-refractivity contribution in [3.63, 3.8) is 0 Å². The van der Waals surface area contributed by atoms with E-state index in [1.165, 1.54) is 12.1 Å². The molecule has 2 N–H and O–H groups in total. The molecule has 6 atom stereocenters. The van der Waals surface area contributed by atoms with Crippen LogP contribution in [0, 0.1) is 17.3 Å². The molecule has 27 heavy (non-hydrogen) atoms. The molecule has 1 aromatic rings. The third-order valence-corrected chi connectivity index (χ3v) is 7.41. The predicted molar refractivity (Wildman–Crippen MR) is 100 cm³/mol. The van der Waals surface area contributed by atoms with Crippen molar-refractivity contribution in [1.29, 1.82) is 0 Å². The molecule has 2 saturated carbocycles. The molecule has 5 nitrogen and oxygen atoms in total. The van der Waals surface area contributed by atoms with Gasteiger partial charge in [-0.1, -0.05) is 20.8 Å². The second kappa shape index (κ2) is 5.95. The monoisotopic (exact) mass is 374 g/mol. The number of hydrogen-bond acceptors (Lipinski definition) is 5. The third kappa shape index (κ3) is 2.95. The molecule has 2 aliphatic carbocycles. The Morgan fingerprint density at radius 1 is 1.19 bits per heavy atom. The highest BCUT2D eigenvalue weighted by Crippen LogP contribution is 2.63. The van der Waals surface area contributed by atoms with Crippen molar-refractivity contribution < 1.29 is 24.5 Å². The van der Waals surface area contributed by atoms with E-state index in [1.54, 1.807) is 12.1 Å². The second-order valence-electron chi connectivity index (χ2n) is 9.60. The van der Waals surface area contributed by atoms with E-state index in [1.807, 2.05) is 0 Å². The number of carbonyl (C=O) groups is 1. The molecule has 1 aromatic carbocycles. The van der Waals surface area contributed by atoms with E-state index in [9.17, 15) is 15.0 Å². The van der Waals surface area contributed by atoms with Crippen LogP contribution in [-0.2, 0) is 9.47 Å². The average molecular weight is 374 g/mol. The van der Waals surface area contributed by atoms with Gasteiger partial charge in [-0.05, 0) is 61.8 Å². The smallest absolute Gasteiger partial charge is 0.338 e. The third-order valence-electron chi connectivity index (χ3n) is 7.41. The van der Waals surface area contributed by atoms with Gasteiger partial charge in [-0.3, -0.25) is 0 Å². The molecular formula is C22H30O5. The Bertz CT molecular complexity index is 744. The number of aliphatic hydroxyl groups is 1. The van der Waals surface area contributed by atoms with Gasteiger partial charge in [-0.2, -0.15) is 0 Å². The number of rotatable bonds is 3. The summed E-state index contributed by atoms with van der Waals surface area (Å²) < 4.78 is 12.0. The first-order chi connectivity index (χ1) is 12.6.